The highest BCUT2D eigenvalue weighted by atomic mass is 32.2. The second kappa shape index (κ2) is 9.63. The molecule has 0 amide bonds. The molecule has 2 aromatic rings. The van der Waals surface area contributed by atoms with Crippen LogP contribution in [0.25, 0.3) is 0 Å². The van der Waals surface area contributed by atoms with Crippen LogP contribution in [0.5, 0.6) is 0 Å². The number of aryl methyl sites for hydroxylation is 1. The molecule has 0 radical (unpaired) electrons. The van der Waals surface area contributed by atoms with E-state index in [0.29, 0.717) is 0 Å². The van der Waals surface area contributed by atoms with Crippen molar-refractivity contribution in [2.75, 3.05) is 23.8 Å². The second-order valence-corrected chi connectivity index (χ2v) is 8.42. The van der Waals surface area contributed by atoms with E-state index in [2.05, 4.69) is 16.2 Å². The fraction of sp³-hybridized carbons (Fsp3) is 0.278. The monoisotopic (exact) mass is 437 g/mol. The Morgan fingerprint density at radius 3 is 2.45 bits per heavy atom. The third-order valence-corrected chi connectivity index (χ3v) is 6.38. The quantitative estimate of drug-likeness (QED) is 0.327. The number of benzene rings is 2. The zero-order valence-corrected chi connectivity index (χ0v) is 17.9. The molecule has 0 spiro atoms. The van der Waals surface area contributed by atoms with Gasteiger partial charge in [0.25, 0.3) is 5.69 Å². The van der Waals surface area contributed by atoms with Gasteiger partial charge in [-0.25, -0.2) is 8.42 Å². The molecule has 0 atom stereocenters. The van der Waals surface area contributed by atoms with Gasteiger partial charge in [0.1, 0.15) is 4.90 Å². The summed E-state index contributed by atoms with van der Waals surface area (Å²) >= 11 is 5.23. The lowest BCUT2D eigenvalue weighted by atomic mass is 10.2. The molecule has 0 aliphatic rings. The van der Waals surface area contributed by atoms with Crippen molar-refractivity contribution in [3.8, 4) is 0 Å². The van der Waals surface area contributed by atoms with Crippen LogP contribution in [0.2, 0.25) is 0 Å². The molecule has 0 aliphatic carbocycles. The Labute approximate surface area is 175 Å². The summed E-state index contributed by atoms with van der Waals surface area (Å²) in [6.07, 6.45) is 0. The van der Waals surface area contributed by atoms with E-state index in [0.717, 1.165) is 17.3 Å². The van der Waals surface area contributed by atoms with Crippen LogP contribution in [0, 0.1) is 17.0 Å². The number of thiocarbonyl (C=S) groups is 1. The Hall–Kier alpha value is -2.76. The minimum absolute atomic E-state index is 0.149. The fourth-order valence-electron chi connectivity index (χ4n) is 2.65. The van der Waals surface area contributed by atoms with Crippen LogP contribution in [0.3, 0.4) is 0 Å². The molecule has 0 aromatic heterocycles. The first-order valence-corrected chi connectivity index (χ1v) is 10.7. The van der Waals surface area contributed by atoms with Crippen molar-refractivity contribution >= 4 is 44.4 Å². The van der Waals surface area contributed by atoms with E-state index in [-0.39, 0.29) is 34.5 Å². The molecule has 0 heterocycles. The van der Waals surface area contributed by atoms with Gasteiger partial charge >= 0.3 is 0 Å². The molecular formula is C18H23N5O4S2. The first-order chi connectivity index (χ1) is 13.7. The van der Waals surface area contributed by atoms with Crippen molar-refractivity contribution in [2.24, 2.45) is 0 Å². The molecule has 0 unspecified atom stereocenters. The van der Waals surface area contributed by atoms with E-state index in [9.17, 15) is 18.5 Å². The summed E-state index contributed by atoms with van der Waals surface area (Å²) in [5.74, 6) is 0. The summed E-state index contributed by atoms with van der Waals surface area (Å²) in [5.41, 5.74) is 7.11. The summed E-state index contributed by atoms with van der Waals surface area (Å²) in [7, 11) is -3.94. The maximum absolute atomic E-state index is 13.0. The smallest absolute Gasteiger partial charge is 0.270 e. The molecule has 0 fully saturated rings. The van der Waals surface area contributed by atoms with Crippen molar-refractivity contribution in [1.29, 1.82) is 0 Å². The maximum Gasteiger partial charge on any atom is 0.270 e. The Balaban J connectivity index is 2.27. The van der Waals surface area contributed by atoms with Gasteiger partial charge in [-0.05, 0) is 42.9 Å². The van der Waals surface area contributed by atoms with Gasteiger partial charge in [-0.1, -0.05) is 26.0 Å². The van der Waals surface area contributed by atoms with Crippen LogP contribution >= 0.6 is 12.2 Å². The lowest BCUT2D eigenvalue weighted by Crippen LogP contribution is -2.35. The largest absolute Gasteiger partial charge is 0.331 e. The van der Waals surface area contributed by atoms with Crippen molar-refractivity contribution in [2.45, 2.75) is 25.7 Å². The van der Waals surface area contributed by atoms with Gasteiger partial charge in [0.2, 0.25) is 10.0 Å². The first-order valence-electron chi connectivity index (χ1n) is 8.87. The number of nitrogens with one attached hydrogen (secondary N) is 3. The number of hydrogen-bond donors (Lipinski definition) is 3. The highest BCUT2D eigenvalue weighted by Gasteiger charge is 2.27. The zero-order chi connectivity index (χ0) is 21.6. The molecule has 2 aromatic carbocycles. The number of hydrazine groups is 1. The van der Waals surface area contributed by atoms with Gasteiger partial charge in [0.05, 0.1) is 10.6 Å². The molecule has 0 saturated heterocycles. The normalized spacial score (nSPS) is 11.2. The first kappa shape index (κ1) is 22.5. The number of nitro groups is 1. The minimum Gasteiger partial charge on any atom is -0.331 e. The molecule has 3 N–H and O–H groups in total. The molecule has 2 rings (SSSR count). The molecule has 9 nitrogen and oxygen atoms in total. The predicted molar refractivity (Wildman–Crippen MR) is 117 cm³/mol. The van der Waals surface area contributed by atoms with E-state index in [1.807, 2.05) is 31.2 Å². The lowest BCUT2D eigenvalue weighted by Gasteiger charge is -2.21. The SMILES string of the molecule is CCN(CC)S(=O)(=O)c1cc([N+](=O)[O-])ccc1NNC(=S)Nc1cccc(C)c1. The summed E-state index contributed by atoms with van der Waals surface area (Å²) < 4.78 is 27.1. The van der Waals surface area contributed by atoms with Gasteiger partial charge in [0.15, 0.2) is 5.11 Å². The molecule has 29 heavy (non-hydrogen) atoms. The molecule has 0 aliphatic heterocycles. The third kappa shape index (κ3) is 5.62. The summed E-state index contributed by atoms with van der Waals surface area (Å²) in [4.78, 5) is 10.3. The molecular weight excluding hydrogens is 414 g/mol. The van der Waals surface area contributed by atoms with E-state index in [1.165, 1.54) is 16.4 Å². The van der Waals surface area contributed by atoms with Crippen molar-refractivity contribution in [3.05, 3.63) is 58.1 Å². The van der Waals surface area contributed by atoms with Crippen LogP contribution < -0.4 is 16.2 Å². The van der Waals surface area contributed by atoms with Crippen LogP contribution in [-0.2, 0) is 10.0 Å². The Bertz CT molecular complexity index is 1010. The van der Waals surface area contributed by atoms with Crippen molar-refractivity contribution in [3.63, 3.8) is 0 Å². The molecule has 0 bridgehead atoms. The van der Waals surface area contributed by atoms with Gasteiger partial charge < -0.3 is 5.32 Å². The topological polar surface area (TPSA) is 117 Å². The number of hydrogen-bond acceptors (Lipinski definition) is 6. The Morgan fingerprint density at radius 1 is 1.17 bits per heavy atom. The van der Waals surface area contributed by atoms with E-state index >= 15 is 0 Å². The minimum atomic E-state index is -3.94. The summed E-state index contributed by atoms with van der Waals surface area (Å²) in [5, 5.41) is 14.3. The van der Waals surface area contributed by atoms with Crippen LogP contribution in [-0.4, -0.2) is 35.8 Å². The average Bonchev–Trinajstić information content (AvgIpc) is 2.67. The number of sulfonamides is 1. The van der Waals surface area contributed by atoms with Crippen LogP contribution in [0.15, 0.2) is 47.4 Å². The highest BCUT2D eigenvalue weighted by molar-refractivity contribution is 7.89. The van der Waals surface area contributed by atoms with Crippen LogP contribution in [0.4, 0.5) is 17.1 Å². The predicted octanol–water partition coefficient (Wildman–Crippen LogP) is 3.25. The van der Waals surface area contributed by atoms with Crippen molar-refractivity contribution < 1.29 is 13.3 Å². The van der Waals surface area contributed by atoms with Gasteiger partial charge in [0, 0.05) is 30.9 Å². The number of nitro benzene ring substituents is 1. The zero-order valence-electron chi connectivity index (χ0n) is 16.3. The second-order valence-electron chi connectivity index (χ2n) is 6.10. The summed E-state index contributed by atoms with van der Waals surface area (Å²) in [6.45, 7) is 5.82. The standard InChI is InChI=1S/C18H23N5O4S2/c1-4-22(5-2)29(26,27)17-12-15(23(24)25)9-10-16(17)20-21-18(28)19-14-8-6-7-13(3)11-14/h6-12,20H,4-5H2,1-3H3,(H2,19,21,28). The van der Waals surface area contributed by atoms with Gasteiger partial charge in [-0.15, -0.1) is 0 Å². The molecule has 11 heteroatoms. The maximum atomic E-state index is 13.0. The highest BCUT2D eigenvalue weighted by Crippen LogP contribution is 2.28. The Morgan fingerprint density at radius 2 is 1.86 bits per heavy atom. The van der Waals surface area contributed by atoms with E-state index < -0.39 is 14.9 Å². The van der Waals surface area contributed by atoms with Crippen molar-refractivity contribution in [1.82, 2.24) is 9.73 Å². The number of anilines is 2. The van der Waals surface area contributed by atoms with E-state index in [4.69, 9.17) is 12.2 Å². The molecule has 0 saturated carbocycles. The number of rotatable bonds is 8. The molecule has 156 valence electrons. The number of nitrogens with zero attached hydrogens (tertiary/aromatic N) is 2. The van der Waals surface area contributed by atoms with Gasteiger partial charge in [-0.3, -0.25) is 21.0 Å². The lowest BCUT2D eigenvalue weighted by molar-refractivity contribution is -0.385. The fourth-order valence-corrected chi connectivity index (χ4v) is 4.45. The average molecular weight is 438 g/mol. The summed E-state index contributed by atoms with van der Waals surface area (Å²) in [6, 6.07) is 11.1. The van der Waals surface area contributed by atoms with E-state index in [1.54, 1.807) is 13.8 Å². The number of non-ortho nitro benzene ring substituents is 1. The Kier molecular flexibility index (Phi) is 7.48. The third-order valence-electron chi connectivity index (χ3n) is 4.09. The van der Waals surface area contributed by atoms with Gasteiger partial charge in [-0.2, -0.15) is 4.31 Å². The van der Waals surface area contributed by atoms with Crippen LogP contribution in [0.1, 0.15) is 19.4 Å².